The molecule has 0 unspecified atom stereocenters. The Labute approximate surface area is 78.2 Å². The van der Waals surface area contributed by atoms with Crippen LogP contribution in [0.5, 0.6) is 0 Å². The number of carbonyl (C=O) groups excluding carboxylic acids is 2. The van der Waals surface area contributed by atoms with E-state index in [0.29, 0.717) is 26.2 Å². The Morgan fingerprint density at radius 2 is 1.08 bits per heavy atom. The molecule has 4 nitrogen and oxygen atoms in total. The van der Waals surface area contributed by atoms with E-state index in [1.54, 1.807) is 0 Å². The summed E-state index contributed by atoms with van der Waals surface area (Å²) in [5, 5.41) is 0. The minimum absolute atomic E-state index is 0.470. The summed E-state index contributed by atoms with van der Waals surface area (Å²) in [7, 11) is 0. The van der Waals surface area contributed by atoms with E-state index in [9.17, 15) is 9.59 Å². The van der Waals surface area contributed by atoms with E-state index in [4.69, 9.17) is 0 Å². The second-order valence-electron chi connectivity index (χ2n) is 2.70. The van der Waals surface area contributed by atoms with E-state index in [2.05, 4.69) is 9.47 Å². The van der Waals surface area contributed by atoms with Crippen molar-refractivity contribution >= 4 is 12.9 Å². The van der Waals surface area contributed by atoms with Crippen molar-refractivity contribution in [2.45, 2.75) is 32.1 Å². The number of unbranched alkanes of at least 4 members (excludes halogenated alkanes) is 4. The highest BCUT2D eigenvalue weighted by Crippen LogP contribution is 2.02. The molecule has 0 bridgehead atoms. The van der Waals surface area contributed by atoms with Gasteiger partial charge < -0.3 is 9.47 Å². The van der Waals surface area contributed by atoms with Gasteiger partial charge in [0, 0.05) is 0 Å². The quantitative estimate of drug-likeness (QED) is 0.383. The molecule has 0 rings (SSSR count). The molecule has 0 amide bonds. The monoisotopic (exact) mass is 188 g/mol. The van der Waals surface area contributed by atoms with Crippen molar-refractivity contribution in [1.29, 1.82) is 0 Å². The van der Waals surface area contributed by atoms with Crippen molar-refractivity contribution in [1.82, 2.24) is 0 Å². The van der Waals surface area contributed by atoms with Crippen molar-refractivity contribution in [2.24, 2.45) is 0 Å². The third-order valence-electron chi connectivity index (χ3n) is 1.66. The minimum atomic E-state index is 0.470. The van der Waals surface area contributed by atoms with Crippen LogP contribution in [0.3, 0.4) is 0 Å². The summed E-state index contributed by atoms with van der Waals surface area (Å²) in [4.78, 5) is 19.5. The van der Waals surface area contributed by atoms with E-state index < -0.39 is 0 Å². The van der Waals surface area contributed by atoms with Crippen LogP contribution in [0.25, 0.3) is 0 Å². The minimum Gasteiger partial charge on any atom is -0.468 e. The second kappa shape index (κ2) is 10.9. The maximum absolute atomic E-state index is 9.74. The lowest BCUT2D eigenvalue weighted by Crippen LogP contribution is -1.93. The molecule has 0 N–H and O–H groups in total. The first kappa shape index (κ1) is 11.9. The zero-order chi connectivity index (χ0) is 9.78. The summed E-state index contributed by atoms with van der Waals surface area (Å²) in [6.45, 7) is 1.96. The van der Waals surface area contributed by atoms with E-state index in [1.807, 2.05) is 0 Å². The second-order valence-corrected chi connectivity index (χ2v) is 2.70. The summed E-state index contributed by atoms with van der Waals surface area (Å²) in [5.74, 6) is 0. The molecule has 13 heavy (non-hydrogen) atoms. The number of hydrogen-bond donors (Lipinski definition) is 0. The molecule has 0 heterocycles. The number of carbonyl (C=O) groups is 2. The van der Waals surface area contributed by atoms with Crippen molar-refractivity contribution in [3.63, 3.8) is 0 Å². The van der Waals surface area contributed by atoms with Crippen LogP contribution in [0.15, 0.2) is 0 Å². The van der Waals surface area contributed by atoms with Gasteiger partial charge in [0.25, 0.3) is 12.9 Å². The zero-order valence-corrected chi connectivity index (χ0v) is 7.74. The fourth-order valence-electron chi connectivity index (χ4n) is 0.997. The van der Waals surface area contributed by atoms with Gasteiger partial charge in [-0.15, -0.1) is 0 Å². The van der Waals surface area contributed by atoms with Crippen LogP contribution in [-0.4, -0.2) is 26.2 Å². The molecule has 0 aromatic rings. The molecule has 0 saturated heterocycles. The summed E-state index contributed by atoms with van der Waals surface area (Å²) in [6, 6.07) is 0. The van der Waals surface area contributed by atoms with E-state index in [-0.39, 0.29) is 0 Å². The molecule has 0 spiro atoms. The lowest BCUT2D eigenvalue weighted by atomic mass is 10.1. The average molecular weight is 188 g/mol. The van der Waals surface area contributed by atoms with Gasteiger partial charge in [-0.25, -0.2) is 0 Å². The van der Waals surface area contributed by atoms with Crippen LogP contribution in [0.4, 0.5) is 0 Å². The Hall–Kier alpha value is -1.06. The Morgan fingerprint density at radius 3 is 1.46 bits per heavy atom. The van der Waals surface area contributed by atoms with Crippen molar-refractivity contribution in [2.75, 3.05) is 13.2 Å². The Kier molecular flexibility index (Phi) is 10.0. The van der Waals surface area contributed by atoms with E-state index >= 15 is 0 Å². The predicted octanol–water partition coefficient (Wildman–Crippen LogP) is 1.28. The lowest BCUT2D eigenvalue weighted by Gasteiger charge is -2.00. The van der Waals surface area contributed by atoms with Gasteiger partial charge in [0.2, 0.25) is 0 Å². The van der Waals surface area contributed by atoms with Gasteiger partial charge in [0.1, 0.15) is 0 Å². The molecular formula is C9H16O4. The normalized spacial score (nSPS) is 9.23. The molecule has 0 aliphatic heterocycles. The van der Waals surface area contributed by atoms with Gasteiger partial charge in [0.15, 0.2) is 0 Å². The van der Waals surface area contributed by atoms with Crippen LogP contribution in [0.1, 0.15) is 32.1 Å². The highest BCUT2D eigenvalue weighted by atomic mass is 16.5. The highest BCUT2D eigenvalue weighted by Gasteiger charge is 1.91. The highest BCUT2D eigenvalue weighted by molar-refractivity contribution is 5.36. The molecule has 0 aromatic carbocycles. The fraction of sp³-hybridized carbons (Fsp3) is 0.778. The van der Waals surface area contributed by atoms with Crippen molar-refractivity contribution < 1.29 is 19.1 Å². The largest absolute Gasteiger partial charge is 0.468 e. The summed E-state index contributed by atoms with van der Waals surface area (Å²) in [6.07, 6.45) is 5.01. The molecule has 0 saturated carbocycles. The van der Waals surface area contributed by atoms with Gasteiger partial charge >= 0.3 is 0 Å². The fourth-order valence-corrected chi connectivity index (χ4v) is 0.997. The van der Waals surface area contributed by atoms with Crippen molar-refractivity contribution in [3.8, 4) is 0 Å². The molecule has 0 aromatic heterocycles. The number of rotatable bonds is 10. The molecule has 0 radical (unpaired) electrons. The van der Waals surface area contributed by atoms with E-state index in [1.165, 1.54) is 0 Å². The van der Waals surface area contributed by atoms with Gasteiger partial charge in [0.05, 0.1) is 13.2 Å². The van der Waals surface area contributed by atoms with Gasteiger partial charge in [-0.3, -0.25) is 9.59 Å². The zero-order valence-electron chi connectivity index (χ0n) is 7.74. The van der Waals surface area contributed by atoms with Crippen LogP contribution < -0.4 is 0 Å². The molecule has 0 aliphatic carbocycles. The standard InChI is InChI=1S/C9H16O4/c10-8-12-6-4-2-1-3-5-7-13-9-11/h8-9H,1-7H2. The SMILES string of the molecule is O=COCCCCCCCOC=O. The van der Waals surface area contributed by atoms with Gasteiger partial charge in [-0.2, -0.15) is 0 Å². The first-order valence-electron chi connectivity index (χ1n) is 4.52. The van der Waals surface area contributed by atoms with Crippen LogP contribution in [-0.2, 0) is 19.1 Å². The predicted molar refractivity (Wildman–Crippen MR) is 47.1 cm³/mol. The van der Waals surface area contributed by atoms with Crippen LogP contribution in [0.2, 0.25) is 0 Å². The number of ether oxygens (including phenoxy) is 2. The topological polar surface area (TPSA) is 52.6 Å². The first-order valence-corrected chi connectivity index (χ1v) is 4.52. The molecule has 4 heteroatoms. The number of hydrogen-bond acceptors (Lipinski definition) is 4. The van der Waals surface area contributed by atoms with Crippen LogP contribution in [0, 0.1) is 0 Å². The summed E-state index contributed by atoms with van der Waals surface area (Å²) >= 11 is 0. The molecule has 0 aliphatic rings. The van der Waals surface area contributed by atoms with Crippen LogP contribution >= 0.6 is 0 Å². The lowest BCUT2D eigenvalue weighted by molar-refractivity contribution is -0.129. The molecular weight excluding hydrogens is 172 g/mol. The Balaban J connectivity index is 2.83. The molecule has 0 fully saturated rings. The summed E-state index contributed by atoms with van der Waals surface area (Å²) < 4.78 is 9.05. The van der Waals surface area contributed by atoms with Crippen molar-refractivity contribution in [3.05, 3.63) is 0 Å². The van der Waals surface area contributed by atoms with Gasteiger partial charge in [-0.05, 0) is 12.8 Å². The smallest absolute Gasteiger partial charge is 0.293 e. The third-order valence-corrected chi connectivity index (χ3v) is 1.66. The van der Waals surface area contributed by atoms with Gasteiger partial charge in [-0.1, -0.05) is 19.3 Å². The molecule has 76 valence electrons. The van der Waals surface area contributed by atoms with E-state index in [0.717, 1.165) is 32.1 Å². The third kappa shape index (κ3) is 10.9. The Morgan fingerprint density at radius 1 is 0.692 bits per heavy atom. The average Bonchev–Trinajstić information content (AvgIpc) is 2.16. The maximum Gasteiger partial charge on any atom is 0.293 e. The molecule has 0 atom stereocenters. The first-order chi connectivity index (χ1) is 6.41. The summed E-state index contributed by atoms with van der Waals surface area (Å²) in [5.41, 5.74) is 0. The Bertz CT molecular complexity index is 111. The maximum atomic E-state index is 9.74.